The van der Waals surface area contributed by atoms with E-state index in [4.69, 9.17) is 4.74 Å². The highest BCUT2D eigenvalue weighted by Crippen LogP contribution is 2.17. The van der Waals surface area contributed by atoms with Crippen molar-refractivity contribution in [2.24, 2.45) is 5.92 Å². The van der Waals surface area contributed by atoms with Gasteiger partial charge in [0.1, 0.15) is 12.4 Å². The molecule has 1 heterocycles. The summed E-state index contributed by atoms with van der Waals surface area (Å²) >= 11 is 0. The van der Waals surface area contributed by atoms with E-state index in [2.05, 4.69) is 6.92 Å². The molecular weight excluding hydrogens is 310 g/mol. The molecule has 0 unspecified atom stereocenters. The third-order valence-electron chi connectivity index (χ3n) is 4.64. The highest BCUT2D eigenvalue weighted by molar-refractivity contribution is 5.91. The molecule has 0 spiro atoms. The molecule has 1 saturated heterocycles. The van der Waals surface area contributed by atoms with E-state index in [0.29, 0.717) is 6.61 Å². The number of nitrogens with zero attached hydrogens (tertiary/aromatic N) is 1. The van der Waals surface area contributed by atoms with Gasteiger partial charge >= 0.3 is 0 Å². The zero-order chi connectivity index (χ0) is 17.5. The Morgan fingerprint density at radius 2 is 1.76 bits per heavy atom. The first-order chi connectivity index (χ1) is 12.2. The molecule has 1 amide bonds. The molecule has 130 valence electrons. The molecule has 3 heteroatoms. The molecule has 0 bridgehead atoms. The van der Waals surface area contributed by atoms with E-state index in [-0.39, 0.29) is 5.91 Å². The Hall–Kier alpha value is -2.55. The minimum atomic E-state index is 0.108. The molecule has 0 radical (unpaired) electrons. The highest BCUT2D eigenvalue weighted by Gasteiger charge is 2.18. The number of carbonyl (C=O) groups excluding carboxylic acids is 1. The van der Waals surface area contributed by atoms with Gasteiger partial charge in [-0.05, 0) is 48.1 Å². The first-order valence-corrected chi connectivity index (χ1v) is 8.94. The Balaban J connectivity index is 1.51. The molecule has 0 saturated carbocycles. The molecule has 3 nitrogen and oxygen atoms in total. The lowest BCUT2D eigenvalue weighted by Gasteiger charge is -2.29. The number of amides is 1. The van der Waals surface area contributed by atoms with Crippen molar-refractivity contribution in [3.8, 4) is 5.75 Å². The van der Waals surface area contributed by atoms with E-state index in [1.165, 1.54) is 0 Å². The molecule has 0 aliphatic carbocycles. The molecule has 1 fully saturated rings. The van der Waals surface area contributed by atoms with E-state index in [1.54, 1.807) is 6.08 Å². The average molecular weight is 335 g/mol. The Kier molecular flexibility index (Phi) is 5.89. The van der Waals surface area contributed by atoms with E-state index >= 15 is 0 Å². The second-order valence-corrected chi connectivity index (χ2v) is 6.68. The molecule has 0 N–H and O–H groups in total. The van der Waals surface area contributed by atoms with Crippen LogP contribution in [0.5, 0.6) is 5.75 Å². The third-order valence-corrected chi connectivity index (χ3v) is 4.64. The van der Waals surface area contributed by atoms with Gasteiger partial charge in [0.25, 0.3) is 0 Å². The molecule has 0 atom stereocenters. The summed E-state index contributed by atoms with van der Waals surface area (Å²) < 4.78 is 5.78. The quantitative estimate of drug-likeness (QED) is 0.751. The highest BCUT2D eigenvalue weighted by atomic mass is 16.5. The van der Waals surface area contributed by atoms with Gasteiger partial charge < -0.3 is 9.64 Å². The minimum Gasteiger partial charge on any atom is -0.489 e. The van der Waals surface area contributed by atoms with Crippen LogP contribution in [0.1, 0.15) is 30.9 Å². The van der Waals surface area contributed by atoms with Crippen molar-refractivity contribution in [2.45, 2.75) is 26.4 Å². The van der Waals surface area contributed by atoms with Crippen molar-refractivity contribution in [1.29, 1.82) is 0 Å². The standard InChI is InChI=1S/C22H25NO2/c1-18-13-15-23(16-14-18)22(24)12-9-19-7-10-21(11-8-19)25-17-20-5-3-2-4-6-20/h2-12,18H,13-17H2,1H3/b12-9+. The smallest absolute Gasteiger partial charge is 0.246 e. The Morgan fingerprint density at radius 1 is 1.08 bits per heavy atom. The summed E-state index contributed by atoms with van der Waals surface area (Å²) in [6, 6.07) is 17.9. The van der Waals surface area contributed by atoms with Gasteiger partial charge in [-0.15, -0.1) is 0 Å². The lowest BCUT2D eigenvalue weighted by molar-refractivity contribution is -0.127. The predicted octanol–water partition coefficient (Wildman–Crippen LogP) is 4.54. The van der Waals surface area contributed by atoms with Crippen LogP contribution in [0.25, 0.3) is 6.08 Å². The van der Waals surface area contributed by atoms with E-state index in [0.717, 1.165) is 48.7 Å². The maximum absolute atomic E-state index is 12.2. The van der Waals surface area contributed by atoms with Crippen LogP contribution in [0.4, 0.5) is 0 Å². The summed E-state index contributed by atoms with van der Waals surface area (Å²) in [7, 11) is 0. The summed E-state index contributed by atoms with van der Waals surface area (Å²) in [5, 5.41) is 0. The van der Waals surface area contributed by atoms with Crippen LogP contribution in [0.15, 0.2) is 60.7 Å². The minimum absolute atomic E-state index is 0.108. The second kappa shape index (κ2) is 8.52. The molecule has 2 aromatic carbocycles. The van der Waals surface area contributed by atoms with Crippen molar-refractivity contribution in [3.05, 3.63) is 71.8 Å². The maximum Gasteiger partial charge on any atom is 0.246 e. The third kappa shape index (κ3) is 5.21. The lowest BCUT2D eigenvalue weighted by Crippen LogP contribution is -2.36. The van der Waals surface area contributed by atoms with Gasteiger partial charge in [0, 0.05) is 19.2 Å². The molecule has 1 aliphatic heterocycles. The number of likely N-dealkylation sites (tertiary alicyclic amines) is 1. The Morgan fingerprint density at radius 3 is 2.44 bits per heavy atom. The maximum atomic E-state index is 12.2. The first kappa shape index (κ1) is 17.3. The van der Waals surface area contributed by atoms with Crippen molar-refractivity contribution >= 4 is 12.0 Å². The number of ether oxygens (including phenoxy) is 1. The zero-order valence-electron chi connectivity index (χ0n) is 14.7. The molecule has 1 aliphatic rings. The summed E-state index contributed by atoms with van der Waals surface area (Å²) in [5.74, 6) is 1.67. The first-order valence-electron chi connectivity index (χ1n) is 8.94. The molecule has 25 heavy (non-hydrogen) atoms. The number of benzene rings is 2. The number of carbonyl (C=O) groups is 1. The van der Waals surface area contributed by atoms with Crippen molar-refractivity contribution in [2.75, 3.05) is 13.1 Å². The largest absolute Gasteiger partial charge is 0.489 e. The molecule has 2 aromatic rings. The Labute approximate surface area is 149 Å². The van der Waals surface area contributed by atoms with Gasteiger partial charge in [0.15, 0.2) is 0 Å². The summed E-state index contributed by atoms with van der Waals surface area (Å²) in [4.78, 5) is 14.2. The fourth-order valence-electron chi connectivity index (χ4n) is 2.92. The van der Waals surface area contributed by atoms with Gasteiger partial charge in [0.2, 0.25) is 5.91 Å². The summed E-state index contributed by atoms with van der Waals surface area (Å²) in [6.07, 6.45) is 5.76. The van der Waals surface area contributed by atoms with Crippen molar-refractivity contribution in [3.63, 3.8) is 0 Å². The molecular formula is C22H25NO2. The van der Waals surface area contributed by atoms with Crippen LogP contribution >= 0.6 is 0 Å². The fourth-order valence-corrected chi connectivity index (χ4v) is 2.92. The molecule has 3 rings (SSSR count). The van der Waals surface area contributed by atoms with Gasteiger partial charge in [-0.25, -0.2) is 0 Å². The zero-order valence-corrected chi connectivity index (χ0v) is 14.7. The van der Waals surface area contributed by atoms with Crippen LogP contribution < -0.4 is 4.74 Å². The fraction of sp³-hybridized carbons (Fsp3) is 0.318. The number of hydrogen-bond acceptors (Lipinski definition) is 2. The summed E-state index contributed by atoms with van der Waals surface area (Å²) in [5.41, 5.74) is 2.15. The van der Waals surface area contributed by atoms with Gasteiger partial charge in [-0.3, -0.25) is 4.79 Å². The topological polar surface area (TPSA) is 29.5 Å². The van der Waals surface area contributed by atoms with Crippen LogP contribution in [-0.2, 0) is 11.4 Å². The number of rotatable bonds is 5. The van der Waals surface area contributed by atoms with Crippen LogP contribution in [-0.4, -0.2) is 23.9 Å². The average Bonchev–Trinajstić information content (AvgIpc) is 2.67. The van der Waals surface area contributed by atoms with Crippen LogP contribution in [0.3, 0.4) is 0 Å². The van der Waals surface area contributed by atoms with E-state index in [9.17, 15) is 4.79 Å². The lowest BCUT2D eigenvalue weighted by atomic mass is 9.99. The van der Waals surface area contributed by atoms with Crippen molar-refractivity contribution < 1.29 is 9.53 Å². The molecule has 0 aromatic heterocycles. The summed E-state index contributed by atoms with van der Waals surface area (Å²) in [6.45, 7) is 4.55. The van der Waals surface area contributed by atoms with E-state index < -0.39 is 0 Å². The van der Waals surface area contributed by atoms with E-state index in [1.807, 2.05) is 65.6 Å². The van der Waals surface area contributed by atoms with Gasteiger partial charge in [-0.2, -0.15) is 0 Å². The SMILES string of the molecule is CC1CCN(C(=O)/C=C/c2ccc(OCc3ccccc3)cc2)CC1. The van der Waals surface area contributed by atoms with Gasteiger partial charge in [-0.1, -0.05) is 49.4 Å². The van der Waals surface area contributed by atoms with Gasteiger partial charge in [0.05, 0.1) is 0 Å². The normalized spacial score (nSPS) is 15.5. The van der Waals surface area contributed by atoms with Crippen LogP contribution in [0.2, 0.25) is 0 Å². The number of hydrogen-bond donors (Lipinski definition) is 0. The monoisotopic (exact) mass is 335 g/mol. The number of piperidine rings is 1. The predicted molar refractivity (Wildman–Crippen MR) is 101 cm³/mol. The van der Waals surface area contributed by atoms with Crippen LogP contribution in [0, 0.1) is 5.92 Å². The Bertz CT molecular complexity index is 699. The van der Waals surface area contributed by atoms with Crippen molar-refractivity contribution in [1.82, 2.24) is 4.90 Å². The second-order valence-electron chi connectivity index (χ2n) is 6.68.